The largest absolute Gasteiger partial charge is 0.487 e. The van der Waals surface area contributed by atoms with Crippen LogP contribution in [-0.4, -0.2) is 23.5 Å². The van der Waals surface area contributed by atoms with Gasteiger partial charge < -0.3 is 27.9 Å². The lowest BCUT2D eigenvalue weighted by atomic mass is 10.2. The standard InChI is InChI=1S/C33H28ClN3O6/c1-21-3-4-22(2)37(21)25-7-9-26(10-8-25)39-19-27-11-14-31(43-27)33(38)36-35-17-23-5-12-29(28(34)15-23)40-18-24-6-13-30-32(16-24)42-20-41-30/h3-17H,18-20H2,1-2H3,(H,36,38)/b35-17+. The molecule has 0 saturated heterocycles. The van der Waals surface area contributed by atoms with Crippen LogP contribution in [0.25, 0.3) is 5.69 Å². The van der Waals surface area contributed by atoms with Gasteiger partial charge in [-0.2, -0.15) is 5.10 Å². The van der Waals surface area contributed by atoms with Crippen molar-refractivity contribution in [3.05, 3.63) is 124 Å². The van der Waals surface area contributed by atoms with E-state index < -0.39 is 5.91 Å². The number of rotatable bonds is 10. The summed E-state index contributed by atoms with van der Waals surface area (Å²) in [6.07, 6.45) is 1.48. The maximum Gasteiger partial charge on any atom is 0.307 e. The van der Waals surface area contributed by atoms with E-state index in [2.05, 4.69) is 41.1 Å². The topological polar surface area (TPSA) is 96.5 Å². The third kappa shape index (κ3) is 6.52. The summed E-state index contributed by atoms with van der Waals surface area (Å²) in [6.45, 7) is 4.86. The minimum atomic E-state index is -0.487. The van der Waals surface area contributed by atoms with Crippen molar-refractivity contribution in [2.24, 2.45) is 5.10 Å². The van der Waals surface area contributed by atoms with Gasteiger partial charge in [0.2, 0.25) is 6.79 Å². The van der Waals surface area contributed by atoms with E-state index in [0.29, 0.717) is 40.2 Å². The second-order valence-electron chi connectivity index (χ2n) is 9.87. The fraction of sp³-hybridized carbons (Fsp3) is 0.152. The number of nitrogens with zero attached hydrogens (tertiary/aromatic N) is 2. The SMILES string of the molecule is Cc1ccc(C)n1-c1ccc(OCc2ccc(C(=O)N/N=C/c3ccc(OCc4ccc5c(c4)OCO5)c(Cl)c3)o2)cc1. The van der Waals surface area contributed by atoms with E-state index >= 15 is 0 Å². The van der Waals surface area contributed by atoms with Crippen molar-refractivity contribution >= 4 is 23.7 Å². The Bertz CT molecular complexity index is 1770. The summed E-state index contributed by atoms with van der Waals surface area (Å²) in [7, 11) is 0. The Kier molecular flexibility index (Phi) is 8.06. The number of ether oxygens (including phenoxy) is 4. The molecule has 0 saturated carbocycles. The molecule has 5 aromatic rings. The van der Waals surface area contributed by atoms with E-state index in [-0.39, 0.29) is 19.2 Å². The number of amides is 1. The highest BCUT2D eigenvalue weighted by Gasteiger charge is 2.14. The predicted octanol–water partition coefficient (Wildman–Crippen LogP) is 6.99. The molecule has 0 aliphatic carbocycles. The van der Waals surface area contributed by atoms with Crippen molar-refractivity contribution in [2.75, 3.05) is 6.79 Å². The number of aryl methyl sites for hydroxylation is 2. The molecule has 1 amide bonds. The molecule has 218 valence electrons. The molecular formula is C33H28ClN3O6. The van der Waals surface area contributed by atoms with Gasteiger partial charge in [0.05, 0.1) is 11.2 Å². The number of aromatic nitrogens is 1. The zero-order valence-electron chi connectivity index (χ0n) is 23.5. The Morgan fingerprint density at radius 2 is 1.70 bits per heavy atom. The number of carbonyl (C=O) groups is 1. The van der Waals surface area contributed by atoms with Gasteiger partial charge in [-0.15, -0.1) is 0 Å². The predicted molar refractivity (Wildman–Crippen MR) is 162 cm³/mol. The second kappa shape index (κ2) is 12.4. The second-order valence-corrected chi connectivity index (χ2v) is 10.3. The number of fused-ring (bicyclic) bond motifs is 1. The molecule has 1 aliphatic rings. The van der Waals surface area contributed by atoms with Crippen LogP contribution in [0, 0.1) is 13.8 Å². The molecule has 3 aromatic carbocycles. The normalized spacial score (nSPS) is 12.1. The van der Waals surface area contributed by atoms with Gasteiger partial charge in [-0.1, -0.05) is 17.7 Å². The highest BCUT2D eigenvalue weighted by Crippen LogP contribution is 2.33. The van der Waals surface area contributed by atoms with Crippen molar-refractivity contribution in [3.8, 4) is 28.7 Å². The van der Waals surface area contributed by atoms with E-state index in [4.69, 9.17) is 35.0 Å². The molecule has 1 N–H and O–H groups in total. The molecule has 9 nitrogen and oxygen atoms in total. The first kappa shape index (κ1) is 28.0. The van der Waals surface area contributed by atoms with E-state index in [0.717, 1.165) is 28.4 Å². The first-order valence-corrected chi connectivity index (χ1v) is 13.9. The van der Waals surface area contributed by atoms with Gasteiger partial charge in [0.15, 0.2) is 17.3 Å². The van der Waals surface area contributed by atoms with Crippen LogP contribution in [0.4, 0.5) is 0 Å². The minimum absolute atomic E-state index is 0.120. The number of furan rings is 1. The average molecular weight is 598 g/mol. The summed E-state index contributed by atoms with van der Waals surface area (Å²) in [5.74, 6) is 2.77. The fourth-order valence-corrected chi connectivity index (χ4v) is 4.87. The first-order chi connectivity index (χ1) is 20.9. The Morgan fingerprint density at radius 1 is 0.907 bits per heavy atom. The molecule has 3 heterocycles. The van der Waals surface area contributed by atoms with Crippen LogP contribution >= 0.6 is 11.6 Å². The van der Waals surface area contributed by atoms with Crippen molar-refractivity contribution in [2.45, 2.75) is 27.1 Å². The number of carbonyl (C=O) groups excluding carboxylic acids is 1. The van der Waals surface area contributed by atoms with Crippen LogP contribution in [0.5, 0.6) is 23.0 Å². The van der Waals surface area contributed by atoms with Crippen molar-refractivity contribution < 1.29 is 28.2 Å². The molecule has 0 atom stereocenters. The highest BCUT2D eigenvalue weighted by atomic mass is 35.5. The maximum atomic E-state index is 12.5. The van der Waals surface area contributed by atoms with Gasteiger partial charge in [0.1, 0.15) is 30.5 Å². The van der Waals surface area contributed by atoms with Gasteiger partial charge in [-0.3, -0.25) is 4.79 Å². The number of hydrogen-bond acceptors (Lipinski definition) is 7. The molecule has 10 heteroatoms. The third-order valence-corrected chi connectivity index (χ3v) is 7.09. The summed E-state index contributed by atoms with van der Waals surface area (Å²) in [6, 6.07) is 26.1. The van der Waals surface area contributed by atoms with Gasteiger partial charge in [0.25, 0.3) is 0 Å². The van der Waals surface area contributed by atoms with Crippen LogP contribution in [-0.2, 0) is 13.2 Å². The maximum absolute atomic E-state index is 12.5. The van der Waals surface area contributed by atoms with E-state index in [9.17, 15) is 4.79 Å². The van der Waals surface area contributed by atoms with E-state index in [1.54, 1.807) is 30.3 Å². The summed E-state index contributed by atoms with van der Waals surface area (Å²) < 4.78 is 30.2. The molecule has 6 rings (SSSR count). The minimum Gasteiger partial charge on any atom is -0.487 e. The highest BCUT2D eigenvalue weighted by molar-refractivity contribution is 6.32. The third-order valence-electron chi connectivity index (χ3n) is 6.80. The van der Waals surface area contributed by atoms with Crippen molar-refractivity contribution in [3.63, 3.8) is 0 Å². The number of nitrogens with one attached hydrogen (secondary N) is 1. The van der Waals surface area contributed by atoms with Crippen molar-refractivity contribution in [1.82, 2.24) is 9.99 Å². The zero-order valence-corrected chi connectivity index (χ0v) is 24.3. The molecule has 0 spiro atoms. The number of hydrogen-bond donors (Lipinski definition) is 1. The van der Waals surface area contributed by atoms with Crippen LogP contribution in [0.3, 0.4) is 0 Å². The molecule has 0 fully saturated rings. The first-order valence-electron chi connectivity index (χ1n) is 13.5. The van der Waals surface area contributed by atoms with Crippen LogP contribution in [0.2, 0.25) is 5.02 Å². The lowest BCUT2D eigenvalue weighted by Gasteiger charge is -2.10. The molecular weight excluding hydrogens is 570 g/mol. The lowest BCUT2D eigenvalue weighted by Crippen LogP contribution is -2.16. The molecule has 1 aliphatic heterocycles. The summed E-state index contributed by atoms with van der Waals surface area (Å²) >= 11 is 6.40. The number of hydrazone groups is 1. The van der Waals surface area contributed by atoms with Crippen LogP contribution in [0.1, 0.15) is 38.8 Å². The number of halogens is 1. The smallest absolute Gasteiger partial charge is 0.307 e. The van der Waals surface area contributed by atoms with E-state index in [1.165, 1.54) is 6.21 Å². The average Bonchev–Trinajstić information content (AvgIpc) is 3.76. The summed E-state index contributed by atoms with van der Waals surface area (Å²) in [4.78, 5) is 12.5. The summed E-state index contributed by atoms with van der Waals surface area (Å²) in [5, 5.41) is 4.43. The Labute approximate surface area is 253 Å². The lowest BCUT2D eigenvalue weighted by molar-refractivity contribution is 0.0923. The Hall–Kier alpha value is -5.15. The monoisotopic (exact) mass is 597 g/mol. The molecule has 0 bridgehead atoms. The van der Waals surface area contributed by atoms with Gasteiger partial charge in [-0.05, 0) is 104 Å². The quantitative estimate of drug-likeness (QED) is 0.138. The zero-order chi connectivity index (χ0) is 29.8. The Balaban J connectivity index is 0.979. The van der Waals surface area contributed by atoms with E-state index in [1.807, 2.05) is 42.5 Å². The van der Waals surface area contributed by atoms with Crippen LogP contribution < -0.4 is 24.4 Å². The summed E-state index contributed by atoms with van der Waals surface area (Å²) in [5.41, 5.74) is 7.46. The molecule has 2 aromatic heterocycles. The van der Waals surface area contributed by atoms with Crippen molar-refractivity contribution in [1.29, 1.82) is 0 Å². The van der Waals surface area contributed by atoms with Crippen LogP contribution in [0.15, 0.2) is 94.4 Å². The fourth-order valence-electron chi connectivity index (χ4n) is 4.63. The van der Waals surface area contributed by atoms with Gasteiger partial charge in [-0.25, -0.2) is 5.43 Å². The molecule has 0 radical (unpaired) electrons. The molecule has 43 heavy (non-hydrogen) atoms. The number of benzene rings is 3. The Morgan fingerprint density at radius 3 is 2.49 bits per heavy atom. The van der Waals surface area contributed by atoms with Gasteiger partial charge >= 0.3 is 5.91 Å². The molecule has 0 unspecified atom stereocenters. The van der Waals surface area contributed by atoms with Gasteiger partial charge in [0, 0.05) is 17.1 Å².